The summed E-state index contributed by atoms with van der Waals surface area (Å²) in [5.74, 6) is 0.614. The molecule has 0 amide bonds. The van der Waals surface area contributed by atoms with Gasteiger partial charge >= 0.3 is 0 Å². The SMILES string of the molecule is CNCCC1CCN(S(=O)(=O)c2cccc(-c3nc(C)cs3)c2)CC1. The number of piperidine rings is 1. The average Bonchev–Trinajstić information content (AvgIpc) is 3.07. The van der Waals surface area contributed by atoms with E-state index in [0.717, 1.165) is 42.1 Å². The van der Waals surface area contributed by atoms with Crippen LogP contribution in [0.25, 0.3) is 10.6 Å². The van der Waals surface area contributed by atoms with Crippen molar-refractivity contribution in [2.75, 3.05) is 26.7 Å². The Labute approximate surface area is 154 Å². The fraction of sp³-hybridized carbons (Fsp3) is 0.500. The van der Waals surface area contributed by atoms with Gasteiger partial charge in [-0.1, -0.05) is 12.1 Å². The molecule has 0 unspecified atom stereocenters. The Morgan fingerprint density at radius 2 is 2.08 bits per heavy atom. The Morgan fingerprint density at radius 3 is 2.72 bits per heavy atom. The van der Waals surface area contributed by atoms with Crippen LogP contribution in [0.4, 0.5) is 0 Å². The number of benzene rings is 1. The van der Waals surface area contributed by atoms with Gasteiger partial charge in [0.05, 0.1) is 4.90 Å². The summed E-state index contributed by atoms with van der Waals surface area (Å²) in [6.45, 7) is 4.15. The molecule has 25 heavy (non-hydrogen) atoms. The van der Waals surface area contributed by atoms with Crippen LogP contribution < -0.4 is 5.32 Å². The van der Waals surface area contributed by atoms with Gasteiger partial charge in [0.2, 0.25) is 10.0 Å². The summed E-state index contributed by atoms with van der Waals surface area (Å²) < 4.78 is 27.6. The topological polar surface area (TPSA) is 62.3 Å². The molecule has 5 nitrogen and oxygen atoms in total. The molecule has 0 radical (unpaired) electrons. The average molecular weight is 380 g/mol. The molecule has 1 aliphatic heterocycles. The van der Waals surface area contributed by atoms with E-state index in [1.807, 2.05) is 25.4 Å². The highest BCUT2D eigenvalue weighted by atomic mass is 32.2. The van der Waals surface area contributed by atoms with Crippen LogP contribution in [0.3, 0.4) is 0 Å². The van der Waals surface area contributed by atoms with Gasteiger partial charge in [0.1, 0.15) is 5.01 Å². The number of thiazole rings is 1. The summed E-state index contributed by atoms with van der Waals surface area (Å²) in [6, 6.07) is 7.16. The molecule has 3 rings (SSSR count). The van der Waals surface area contributed by atoms with E-state index in [9.17, 15) is 8.42 Å². The molecular weight excluding hydrogens is 354 g/mol. The summed E-state index contributed by atoms with van der Waals surface area (Å²) in [4.78, 5) is 4.83. The molecule has 2 aromatic rings. The lowest BCUT2D eigenvalue weighted by Gasteiger charge is -2.31. The van der Waals surface area contributed by atoms with Gasteiger partial charge in [0.25, 0.3) is 0 Å². The lowest BCUT2D eigenvalue weighted by atomic mass is 9.95. The van der Waals surface area contributed by atoms with E-state index < -0.39 is 10.0 Å². The van der Waals surface area contributed by atoms with Gasteiger partial charge in [-0.3, -0.25) is 0 Å². The predicted molar refractivity (Wildman–Crippen MR) is 102 cm³/mol. The molecule has 1 aromatic carbocycles. The number of aromatic nitrogens is 1. The molecule has 7 heteroatoms. The minimum Gasteiger partial charge on any atom is -0.320 e. The molecule has 0 atom stereocenters. The van der Waals surface area contributed by atoms with Crippen LogP contribution in [-0.4, -0.2) is 44.4 Å². The highest BCUT2D eigenvalue weighted by molar-refractivity contribution is 7.89. The highest BCUT2D eigenvalue weighted by Crippen LogP contribution is 2.29. The summed E-state index contributed by atoms with van der Waals surface area (Å²) in [5.41, 5.74) is 1.82. The fourth-order valence-electron chi connectivity index (χ4n) is 3.21. The number of rotatable bonds is 6. The Hall–Kier alpha value is -1.28. The number of nitrogens with one attached hydrogen (secondary N) is 1. The van der Waals surface area contributed by atoms with Gasteiger partial charge in [-0.05, 0) is 57.8 Å². The normalized spacial score (nSPS) is 17.0. The first kappa shape index (κ1) is 18.5. The molecule has 0 spiro atoms. The molecule has 2 heterocycles. The van der Waals surface area contributed by atoms with E-state index in [1.54, 1.807) is 22.5 Å². The number of hydrogen-bond donors (Lipinski definition) is 1. The first-order valence-electron chi connectivity index (χ1n) is 8.68. The third-order valence-corrected chi connectivity index (χ3v) is 7.62. The van der Waals surface area contributed by atoms with Gasteiger partial charge in [0.15, 0.2) is 0 Å². The number of hydrogen-bond acceptors (Lipinski definition) is 5. The van der Waals surface area contributed by atoms with Crippen molar-refractivity contribution in [1.82, 2.24) is 14.6 Å². The van der Waals surface area contributed by atoms with E-state index >= 15 is 0 Å². The van der Waals surface area contributed by atoms with Crippen molar-refractivity contribution >= 4 is 21.4 Å². The third-order valence-electron chi connectivity index (χ3n) is 4.71. The first-order chi connectivity index (χ1) is 12.0. The molecule has 1 fully saturated rings. The zero-order valence-electron chi connectivity index (χ0n) is 14.7. The van der Waals surface area contributed by atoms with Crippen LogP contribution >= 0.6 is 11.3 Å². The maximum atomic E-state index is 13.0. The fourth-order valence-corrected chi connectivity index (χ4v) is 5.52. The standard InChI is InChI=1S/C18H25N3O2S2/c1-14-13-24-18(20-14)16-4-3-5-17(12-16)25(22,23)21-10-7-15(8-11-21)6-9-19-2/h3-5,12-13,15,19H,6-11H2,1-2H3. The van der Waals surface area contributed by atoms with Crippen LogP contribution in [-0.2, 0) is 10.0 Å². The van der Waals surface area contributed by atoms with Crippen molar-refractivity contribution in [3.05, 3.63) is 35.3 Å². The second-order valence-corrected chi connectivity index (χ2v) is 9.36. The van der Waals surface area contributed by atoms with Crippen molar-refractivity contribution in [1.29, 1.82) is 0 Å². The van der Waals surface area contributed by atoms with E-state index in [4.69, 9.17) is 0 Å². The van der Waals surface area contributed by atoms with Gasteiger partial charge in [-0.2, -0.15) is 4.31 Å². The second-order valence-electron chi connectivity index (χ2n) is 6.56. The number of sulfonamides is 1. The predicted octanol–water partition coefficient (Wildman–Crippen LogP) is 3.13. The van der Waals surface area contributed by atoms with Crippen LogP contribution in [0.2, 0.25) is 0 Å². The smallest absolute Gasteiger partial charge is 0.243 e. The summed E-state index contributed by atoms with van der Waals surface area (Å²) in [7, 11) is -1.48. The molecule has 1 aromatic heterocycles. The van der Waals surface area contributed by atoms with Crippen molar-refractivity contribution < 1.29 is 8.42 Å². The zero-order valence-corrected chi connectivity index (χ0v) is 16.4. The number of aryl methyl sites for hydroxylation is 1. The van der Waals surface area contributed by atoms with Crippen molar-refractivity contribution in [3.8, 4) is 10.6 Å². The third kappa shape index (κ3) is 4.28. The lowest BCUT2D eigenvalue weighted by Crippen LogP contribution is -2.38. The molecule has 1 saturated heterocycles. The highest BCUT2D eigenvalue weighted by Gasteiger charge is 2.29. The summed E-state index contributed by atoms with van der Waals surface area (Å²) in [5, 5.41) is 6.01. The Balaban J connectivity index is 1.75. The van der Waals surface area contributed by atoms with Crippen molar-refractivity contribution in [2.45, 2.75) is 31.1 Å². The van der Waals surface area contributed by atoms with Crippen LogP contribution in [0.1, 0.15) is 25.0 Å². The molecule has 0 bridgehead atoms. The van der Waals surface area contributed by atoms with Crippen LogP contribution in [0, 0.1) is 12.8 Å². The minimum absolute atomic E-state index is 0.367. The monoisotopic (exact) mass is 379 g/mol. The maximum Gasteiger partial charge on any atom is 0.243 e. The molecule has 1 N–H and O–H groups in total. The lowest BCUT2D eigenvalue weighted by molar-refractivity contribution is 0.263. The van der Waals surface area contributed by atoms with Crippen LogP contribution in [0.15, 0.2) is 34.5 Å². The van der Waals surface area contributed by atoms with E-state index in [2.05, 4.69) is 10.3 Å². The Morgan fingerprint density at radius 1 is 1.32 bits per heavy atom. The zero-order chi connectivity index (χ0) is 17.9. The van der Waals surface area contributed by atoms with E-state index in [-0.39, 0.29) is 0 Å². The van der Waals surface area contributed by atoms with Gasteiger partial charge < -0.3 is 5.32 Å². The van der Waals surface area contributed by atoms with Crippen molar-refractivity contribution in [3.63, 3.8) is 0 Å². The summed E-state index contributed by atoms with van der Waals surface area (Å²) >= 11 is 1.54. The van der Waals surface area contributed by atoms with Gasteiger partial charge in [-0.15, -0.1) is 11.3 Å². The largest absolute Gasteiger partial charge is 0.320 e. The minimum atomic E-state index is -3.44. The second kappa shape index (κ2) is 7.95. The summed E-state index contributed by atoms with van der Waals surface area (Å²) in [6.07, 6.45) is 2.99. The number of nitrogens with zero attached hydrogens (tertiary/aromatic N) is 2. The van der Waals surface area contributed by atoms with Gasteiger partial charge in [0, 0.05) is 29.7 Å². The molecule has 1 aliphatic rings. The molecule has 0 aliphatic carbocycles. The maximum absolute atomic E-state index is 13.0. The van der Waals surface area contributed by atoms with Crippen molar-refractivity contribution in [2.24, 2.45) is 5.92 Å². The molecular formula is C18H25N3O2S2. The Bertz CT molecular complexity index is 809. The Kier molecular flexibility index (Phi) is 5.89. The van der Waals surface area contributed by atoms with E-state index in [0.29, 0.717) is 23.9 Å². The quantitative estimate of drug-likeness (QED) is 0.838. The van der Waals surface area contributed by atoms with Gasteiger partial charge in [-0.25, -0.2) is 13.4 Å². The van der Waals surface area contributed by atoms with Crippen LogP contribution in [0.5, 0.6) is 0 Å². The molecule has 0 saturated carbocycles. The molecule has 136 valence electrons. The van der Waals surface area contributed by atoms with E-state index in [1.165, 1.54) is 11.3 Å². The first-order valence-corrected chi connectivity index (χ1v) is 11.0.